The molecule has 0 heterocycles. The molecule has 1 aliphatic carbocycles. The number of hydrogen-bond acceptors (Lipinski definition) is 4. The summed E-state index contributed by atoms with van der Waals surface area (Å²) in [5.41, 5.74) is 8.58. The molecule has 1 aliphatic rings. The number of ether oxygens (including phenoxy) is 2. The summed E-state index contributed by atoms with van der Waals surface area (Å²) in [5, 5.41) is 2.89. The van der Waals surface area contributed by atoms with Crippen molar-refractivity contribution in [2.24, 2.45) is 11.7 Å². The Morgan fingerprint density at radius 2 is 1.36 bits per heavy atom. The summed E-state index contributed by atoms with van der Waals surface area (Å²) in [4.78, 5) is 24.9. The first kappa shape index (κ1) is 25.3. The predicted octanol–water partition coefficient (Wildman–Crippen LogP) is 4.94. The van der Waals surface area contributed by atoms with Gasteiger partial charge in [0.25, 0.3) is 0 Å². The Kier molecular flexibility index (Phi) is 8.98. The van der Waals surface area contributed by atoms with Crippen LogP contribution in [0.4, 0.5) is 0 Å². The van der Waals surface area contributed by atoms with Gasteiger partial charge in [0.15, 0.2) is 11.5 Å². The lowest BCUT2D eigenvalue weighted by Gasteiger charge is -2.24. The van der Waals surface area contributed by atoms with Gasteiger partial charge in [-0.3, -0.25) is 9.59 Å². The predicted molar refractivity (Wildman–Crippen MR) is 139 cm³/mol. The Bertz CT molecular complexity index is 1130. The second-order valence-electron chi connectivity index (χ2n) is 9.33. The van der Waals surface area contributed by atoms with Gasteiger partial charge < -0.3 is 20.5 Å². The molecule has 0 aliphatic heterocycles. The van der Waals surface area contributed by atoms with Gasteiger partial charge >= 0.3 is 0 Å². The molecule has 0 radical (unpaired) electrons. The van der Waals surface area contributed by atoms with Crippen LogP contribution in [0, 0.1) is 5.92 Å². The van der Waals surface area contributed by atoms with Gasteiger partial charge in [-0.2, -0.15) is 0 Å². The fourth-order valence-electron chi connectivity index (χ4n) is 4.49. The molecule has 0 unspecified atom stereocenters. The molecule has 0 aromatic heterocycles. The molecular weight excluding hydrogens is 452 g/mol. The maximum Gasteiger partial charge on any atom is 0.240 e. The summed E-state index contributed by atoms with van der Waals surface area (Å²) in [6.45, 7) is 0.785. The number of nitrogens with two attached hydrogens (primary N) is 1. The molecule has 0 bridgehead atoms. The van der Waals surface area contributed by atoms with Crippen LogP contribution in [-0.4, -0.2) is 17.9 Å². The topological polar surface area (TPSA) is 90.7 Å². The van der Waals surface area contributed by atoms with Crippen LogP contribution in [0.1, 0.15) is 48.8 Å². The Labute approximate surface area is 212 Å². The number of hydrogen-bond donors (Lipinski definition) is 2. The van der Waals surface area contributed by atoms with Gasteiger partial charge in [0, 0.05) is 12.3 Å². The average Bonchev–Trinajstić information content (AvgIpc) is 2.92. The van der Waals surface area contributed by atoms with Crippen LogP contribution >= 0.6 is 0 Å². The third kappa shape index (κ3) is 7.35. The van der Waals surface area contributed by atoms with Gasteiger partial charge in [-0.1, -0.05) is 86.0 Å². The van der Waals surface area contributed by atoms with E-state index in [0.717, 1.165) is 48.8 Å². The van der Waals surface area contributed by atoms with E-state index >= 15 is 0 Å². The highest BCUT2D eigenvalue weighted by atomic mass is 16.5. The summed E-state index contributed by atoms with van der Waals surface area (Å²) in [6, 6.07) is 24.6. The highest BCUT2D eigenvalue weighted by Gasteiger charge is 2.26. The molecule has 3 aromatic carbocycles. The van der Waals surface area contributed by atoms with Crippen molar-refractivity contribution in [1.29, 1.82) is 0 Å². The number of rotatable bonds is 11. The van der Waals surface area contributed by atoms with Gasteiger partial charge in [-0.05, 0) is 41.7 Å². The van der Waals surface area contributed by atoms with Gasteiger partial charge in [-0.25, -0.2) is 0 Å². The zero-order valence-corrected chi connectivity index (χ0v) is 20.5. The molecule has 3 aromatic rings. The third-order valence-corrected chi connectivity index (χ3v) is 6.56. The van der Waals surface area contributed by atoms with Crippen LogP contribution in [0.25, 0.3) is 0 Å². The van der Waals surface area contributed by atoms with Gasteiger partial charge in [0.2, 0.25) is 11.8 Å². The van der Waals surface area contributed by atoms with Crippen molar-refractivity contribution in [2.75, 3.05) is 0 Å². The van der Waals surface area contributed by atoms with Gasteiger partial charge in [0.05, 0.1) is 0 Å². The van der Waals surface area contributed by atoms with Crippen molar-refractivity contribution in [3.05, 3.63) is 95.6 Å². The first-order chi connectivity index (χ1) is 17.6. The zero-order chi connectivity index (χ0) is 25.2. The van der Waals surface area contributed by atoms with E-state index in [2.05, 4.69) is 5.32 Å². The lowest BCUT2D eigenvalue weighted by Crippen LogP contribution is -2.48. The number of carbonyl (C=O) groups is 2. The Balaban J connectivity index is 1.48. The van der Waals surface area contributed by atoms with Gasteiger partial charge in [-0.15, -0.1) is 0 Å². The maximum absolute atomic E-state index is 12.7. The minimum Gasteiger partial charge on any atom is -0.485 e. The van der Waals surface area contributed by atoms with Crippen LogP contribution in [-0.2, 0) is 29.2 Å². The summed E-state index contributed by atoms with van der Waals surface area (Å²) in [5.74, 6) is 0.519. The van der Waals surface area contributed by atoms with Crippen molar-refractivity contribution in [3.63, 3.8) is 0 Å². The number of nitrogens with one attached hydrogen (secondary N) is 1. The molecule has 1 fully saturated rings. The first-order valence-electron chi connectivity index (χ1n) is 12.6. The van der Waals surface area contributed by atoms with Crippen molar-refractivity contribution < 1.29 is 19.1 Å². The molecule has 2 amide bonds. The largest absolute Gasteiger partial charge is 0.485 e. The van der Waals surface area contributed by atoms with Crippen molar-refractivity contribution in [2.45, 2.75) is 57.8 Å². The highest BCUT2D eigenvalue weighted by molar-refractivity contribution is 5.87. The summed E-state index contributed by atoms with van der Waals surface area (Å²) >= 11 is 0. The molecule has 6 heteroatoms. The van der Waals surface area contributed by atoms with E-state index in [1.54, 1.807) is 0 Å². The van der Waals surface area contributed by atoms with Crippen LogP contribution in [0.15, 0.2) is 78.9 Å². The number of primary amides is 1. The summed E-state index contributed by atoms with van der Waals surface area (Å²) in [6.07, 6.45) is 5.27. The van der Waals surface area contributed by atoms with E-state index in [1.807, 2.05) is 78.9 Å². The SMILES string of the molecule is NC(=O)[C@H](Cc1ccc(OCc2ccccc2)c(OCc2ccccc2)c1)NC(=O)C1CCCCC1. The van der Waals surface area contributed by atoms with Crippen molar-refractivity contribution in [3.8, 4) is 11.5 Å². The monoisotopic (exact) mass is 486 g/mol. The standard InChI is InChI=1S/C30H34N2O4/c31-29(33)26(32-30(34)25-14-8-3-9-15-25)18-24-16-17-27(35-20-22-10-4-1-5-11-22)28(19-24)36-21-23-12-6-2-7-13-23/h1-2,4-7,10-13,16-17,19,25-26H,3,8-9,14-15,18,20-21H2,(H2,31,33)(H,32,34)/t26-/m0/s1. The Morgan fingerprint density at radius 1 is 0.778 bits per heavy atom. The molecular formula is C30H34N2O4. The van der Waals surface area contributed by atoms with Gasteiger partial charge in [0.1, 0.15) is 19.3 Å². The quantitative estimate of drug-likeness (QED) is 0.402. The van der Waals surface area contributed by atoms with E-state index < -0.39 is 11.9 Å². The normalized spacial score (nSPS) is 14.6. The van der Waals surface area contributed by atoms with Crippen LogP contribution in [0.2, 0.25) is 0 Å². The van der Waals surface area contributed by atoms with E-state index in [0.29, 0.717) is 24.7 Å². The van der Waals surface area contributed by atoms with Crippen molar-refractivity contribution in [1.82, 2.24) is 5.32 Å². The van der Waals surface area contributed by atoms with Crippen LogP contribution < -0.4 is 20.5 Å². The second-order valence-corrected chi connectivity index (χ2v) is 9.33. The third-order valence-electron chi connectivity index (χ3n) is 6.56. The number of carbonyl (C=O) groups excluding carboxylic acids is 2. The minimum absolute atomic E-state index is 0.0425. The molecule has 0 saturated heterocycles. The van der Waals surface area contributed by atoms with E-state index in [4.69, 9.17) is 15.2 Å². The van der Waals surface area contributed by atoms with Crippen LogP contribution in [0.5, 0.6) is 11.5 Å². The van der Waals surface area contributed by atoms with Crippen LogP contribution in [0.3, 0.4) is 0 Å². The lowest BCUT2D eigenvalue weighted by molar-refractivity contribution is -0.130. The van der Waals surface area contributed by atoms with E-state index in [-0.39, 0.29) is 18.2 Å². The fourth-order valence-corrected chi connectivity index (χ4v) is 4.49. The minimum atomic E-state index is -0.780. The molecule has 4 rings (SSSR count). The molecule has 1 saturated carbocycles. The molecule has 36 heavy (non-hydrogen) atoms. The zero-order valence-electron chi connectivity index (χ0n) is 20.5. The van der Waals surface area contributed by atoms with E-state index in [1.165, 1.54) is 0 Å². The number of amides is 2. The lowest BCUT2D eigenvalue weighted by atomic mass is 9.88. The Morgan fingerprint density at radius 3 is 1.94 bits per heavy atom. The molecule has 3 N–H and O–H groups in total. The maximum atomic E-state index is 12.7. The van der Waals surface area contributed by atoms with Crippen molar-refractivity contribution >= 4 is 11.8 Å². The highest BCUT2D eigenvalue weighted by Crippen LogP contribution is 2.31. The summed E-state index contributed by atoms with van der Waals surface area (Å²) in [7, 11) is 0. The smallest absolute Gasteiger partial charge is 0.240 e. The molecule has 0 spiro atoms. The average molecular weight is 487 g/mol. The fraction of sp³-hybridized carbons (Fsp3) is 0.333. The second kappa shape index (κ2) is 12.8. The first-order valence-corrected chi connectivity index (χ1v) is 12.6. The molecule has 6 nitrogen and oxygen atoms in total. The van der Waals surface area contributed by atoms with E-state index in [9.17, 15) is 9.59 Å². The Hall–Kier alpha value is -3.80. The summed E-state index contributed by atoms with van der Waals surface area (Å²) < 4.78 is 12.2. The molecule has 1 atom stereocenters. The molecule has 188 valence electrons. The number of benzene rings is 3.